The lowest BCUT2D eigenvalue weighted by molar-refractivity contribution is 0.00415. The number of benzene rings is 2. The Balaban J connectivity index is 1.16. The third kappa shape index (κ3) is 4.31. The summed E-state index contributed by atoms with van der Waals surface area (Å²) in [6.07, 6.45) is 5.40. The lowest BCUT2D eigenvalue weighted by atomic mass is 9.78. The van der Waals surface area contributed by atoms with Gasteiger partial charge in [0.2, 0.25) is 0 Å². The van der Waals surface area contributed by atoms with Gasteiger partial charge in [0.15, 0.2) is 0 Å². The molecule has 1 saturated heterocycles. The molecule has 1 amide bonds. The Hall–Kier alpha value is -4.18. The number of nitriles is 1. The Bertz CT molecular complexity index is 1460. The number of aromatic nitrogens is 3. The lowest BCUT2D eigenvalue weighted by Gasteiger charge is -2.36. The van der Waals surface area contributed by atoms with Crippen LogP contribution in [0.25, 0.3) is 22.3 Å². The molecule has 4 aromatic rings. The molecule has 7 nitrogen and oxygen atoms in total. The van der Waals surface area contributed by atoms with Crippen molar-refractivity contribution in [1.82, 2.24) is 19.4 Å². The maximum atomic E-state index is 12.9. The van der Waals surface area contributed by atoms with Crippen LogP contribution in [0.2, 0.25) is 0 Å². The second-order valence-corrected chi connectivity index (χ2v) is 9.96. The van der Waals surface area contributed by atoms with Crippen molar-refractivity contribution in [3.05, 3.63) is 84.3 Å². The topological polar surface area (TPSA) is 84.0 Å². The average molecular weight is 478 g/mol. The fourth-order valence-corrected chi connectivity index (χ4v) is 5.73. The standard InChI is InChI=1S/C29H27N5O2/c30-16-21-11-12-26-27(14-21)34(20-31-26)17-22-6-5-13-29(15-22)19-33(28(35)36-29)18-24-9-4-10-25(32-24)23-7-2-1-3-8-23/h1-4,7-12,14,20,22H,5-6,13,15,17-19H2/t22?,29-/m0/s1. The zero-order valence-electron chi connectivity index (χ0n) is 20.0. The maximum absolute atomic E-state index is 12.9. The molecule has 2 aromatic heterocycles. The van der Waals surface area contributed by atoms with Crippen molar-refractivity contribution in [2.75, 3.05) is 6.54 Å². The van der Waals surface area contributed by atoms with Crippen LogP contribution < -0.4 is 0 Å². The first kappa shape index (κ1) is 22.3. The largest absolute Gasteiger partial charge is 0.441 e. The third-order valence-corrected chi connectivity index (χ3v) is 7.38. The number of hydrogen-bond acceptors (Lipinski definition) is 5. The first-order valence-corrected chi connectivity index (χ1v) is 12.5. The highest BCUT2D eigenvalue weighted by atomic mass is 16.6. The van der Waals surface area contributed by atoms with Crippen LogP contribution in [-0.4, -0.2) is 37.7 Å². The van der Waals surface area contributed by atoms with Crippen LogP contribution >= 0.6 is 0 Å². The fraction of sp³-hybridized carbons (Fsp3) is 0.310. The van der Waals surface area contributed by atoms with E-state index in [0.717, 1.165) is 60.2 Å². The molecule has 1 aliphatic heterocycles. The Morgan fingerprint density at radius 1 is 1.11 bits per heavy atom. The van der Waals surface area contributed by atoms with E-state index in [1.54, 1.807) is 11.0 Å². The van der Waals surface area contributed by atoms with Crippen LogP contribution in [0.5, 0.6) is 0 Å². The zero-order valence-corrected chi connectivity index (χ0v) is 20.0. The van der Waals surface area contributed by atoms with Crippen LogP contribution in [0.3, 0.4) is 0 Å². The monoisotopic (exact) mass is 477 g/mol. The van der Waals surface area contributed by atoms with E-state index in [1.165, 1.54) is 0 Å². The summed E-state index contributed by atoms with van der Waals surface area (Å²) in [6.45, 7) is 1.82. The summed E-state index contributed by atoms with van der Waals surface area (Å²) in [5.41, 5.74) is 4.87. The van der Waals surface area contributed by atoms with Crippen LogP contribution in [0.1, 0.15) is 36.9 Å². The summed E-state index contributed by atoms with van der Waals surface area (Å²) in [5.74, 6) is 0.370. The molecule has 2 atom stereocenters. The van der Waals surface area contributed by atoms with E-state index >= 15 is 0 Å². The SMILES string of the molecule is N#Cc1ccc2ncn(CC3CCC[C@]4(C3)CN(Cc3cccc(-c5ccccc5)n3)C(=O)O4)c2c1. The zero-order chi connectivity index (χ0) is 24.5. The molecule has 1 unspecified atom stereocenters. The van der Waals surface area contributed by atoms with Crippen LogP contribution in [-0.2, 0) is 17.8 Å². The first-order chi connectivity index (χ1) is 17.6. The quantitative estimate of drug-likeness (QED) is 0.376. The molecule has 36 heavy (non-hydrogen) atoms. The van der Waals surface area contributed by atoms with Crippen molar-refractivity contribution < 1.29 is 9.53 Å². The van der Waals surface area contributed by atoms with E-state index in [4.69, 9.17) is 9.72 Å². The van der Waals surface area contributed by atoms with Gasteiger partial charge in [-0.2, -0.15) is 5.26 Å². The van der Waals surface area contributed by atoms with Crippen molar-refractivity contribution in [2.45, 2.75) is 44.4 Å². The number of carbonyl (C=O) groups is 1. The summed E-state index contributed by atoms with van der Waals surface area (Å²) in [6, 6.07) is 23.8. The Morgan fingerprint density at radius 3 is 2.86 bits per heavy atom. The van der Waals surface area contributed by atoms with Gasteiger partial charge < -0.3 is 9.30 Å². The first-order valence-electron chi connectivity index (χ1n) is 12.5. The third-order valence-electron chi connectivity index (χ3n) is 7.38. The van der Waals surface area contributed by atoms with Gasteiger partial charge in [-0.1, -0.05) is 36.4 Å². The number of amides is 1. The van der Waals surface area contributed by atoms with Crippen molar-refractivity contribution in [2.24, 2.45) is 5.92 Å². The summed E-state index contributed by atoms with van der Waals surface area (Å²) in [4.78, 5) is 24.0. The van der Waals surface area contributed by atoms with Gasteiger partial charge in [0.05, 0.1) is 53.5 Å². The second-order valence-electron chi connectivity index (χ2n) is 9.96. The summed E-state index contributed by atoms with van der Waals surface area (Å²) >= 11 is 0. The van der Waals surface area contributed by atoms with Gasteiger partial charge in [-0.05, 0) is 61.9 Å². The molecule has 7 heteroatoms. The Labute approximate surface area is 210 Å². The van der Waals surface area contributed by atoms with Crippen molar-refractivity contribution in [3.63, 3.8) is 0 Å². The number of pyridine rings is 1. The predicted octanol–water partition coefficient (Wildman–Crippen LogP) is 5.55. The Kier molecular flexibility index (Phi) is 5.65. The van der Waals surface area contributed by atoms with Gasteiger partial charge >= 0.3 is 6.09 Å². The molecule has 2 aliphatic rings. The Morgan fingerprint density at radius 2 is 2.00 bits per heavy atom. The predicted molar refractivity (Wildman–Crippen MR) is 136 cm³/mol. The number of hydrogen-bond donors (Lipinski definition) is 0. The smallest absolute Gasteiger partial charge is 0.410 e. The van der Waals surface area contributed by atoms with Gasteiger partial charge in [-0.15, -0.1) is 0 Å². The summed E-state index contributed by atoms with van der Waals surface area (Å²) in [5, 5.41) is 9.28. The minimum absolute atomic E-state index is 0.255. The minimum atomic E-state index is -0.453. The van der Waals surface area contributed by atoms with Gasteiger partial charge in [-0.25, -0.2) is 9.78 Å². The highest BCUT2D eigenvalue weighted by Crippen LogP contribution is 2.41. The molecule has 1 aliphatic carbocycles. The molecular formula is C29H27N5O2. The molecular weight excluding hydrogens is 450 g/mol. The van der Waals surface area contributed by atoms with E-state index in [-0.39, 0.29) is 6.09 Å². The van der Waals surface area contributed by atoms with Crippen LogP contribution in [0, 0.1) is 17.2 Å². The summed E-state index contributed by atoms with van der Waals surface area (Å²) in [7, 11) is 0. The lowest BCUT2D eigenvalue weighted by Crippen LogP contribution is -2.40. The average Bonchev–Trinajstić information content (AvgIpc) is 3.44. The number of rotatable bonds is 5. The van der Waals surface area contributed by atoms with Crippen molar-refractivity contribution in [1.29, 1.82) is 5.26 Å². The van der Waals surface area contributed by atoms with Crippen molar-refractivity contribution >= 4 is 17.1 Å². The van der Waals surface area contributed by atoms with Gasteiger partial charge in [0.25, 0.3) is 0 Å². The van der Waals surface area contributed by atoms with E-state index < -0.39 is 5.60 Å². The number of nitrogens with zero attached hydrogens (tertiary/aromatic N) is 5. The molecule has 3 heterocycles. The molecule has 1 spiro atoms. The molecule has 6 rings (SSSR count). The molecule has 180 valence electrons. The van der Waals surface area contributed by atoms with Crippen LogP contribution in [0.15, 0.2) is 73.1 Å². The fourth-order valence-electron chi connectivity index (χ4n) is 5.73. The van der Waals surface area contributed by atoms with E-state index in [2.05, 4.69) is 15.6 Å². The van der Waals surface area contributed by atoms with E-state index in [9.17, 15) is 10.1 Å². The molecule has 0 bridgehead atoms. The van der Waals surface area contributed by atoms with Gasteiger partial charge in [-0.3, -0.25) is 9.88 Å². The number of ether oxygens (including phenoxy) is 1. The van der Waals surface area contributed by atoms with Gasteiger partial charge in [0, 0.05) is 12.1 Å². The minimum Gasteiger partial charge on any atom is -0.441 e. The van der Waals surface area contributed by atoms with Crippen molar-refractivity contribution in [3.8, 4) is 17.3 Å². The highest BCUT2D eigenvalue weighted by Gasteiger charge is 2.48. The van der Waals surface area contributed by atoms with Crippen LogP contribution in [0.4, 0.5) is 4.79 Å². The van der Waals surface area contributed by atoms with Gasteiger partial charge in [0.1, 0.15) is 5.60 Å². The second kappa shape index (κ2) is 9.12. The number of fused-ring (bicyclic) bond motifs is 1. The van der Waals surface area contributed by atoms with E-state index in [0.29, 0.717) is 24.6 Å². The molecule has 2 aromatic carbocycles. The number of imidazole rings is 1. The highest BCUT2D eigenvalue weighted by molar-refractivity contribution is 5.77. The molecule has 1 saturated carbocycles. The molecule has 2 fully saturated rings. The molecule has 0 radical (unpaired) electrons. The number of carbonyl (C=O) groups excluding carboxylic acids is 1. The maximum Gasteiger partial charge on any atom is 0.410 e. The van der Waals surface area contributed by atoms with E-state index in [1.807, 2.05) is 67.0 Å². The normalized spacial score (nSPS) is 21.6. The molecule has 0 N–H and O–H groups in total. The summed E-state index contributed by atoms with van der Waals surface area (Å²) < 4.78 is 8.19.